The van der Waals surface area contributed by atoms with E-state index >= 15 is 0 Å². The molecule has 3 aromatic rings. The van der Waals surface area contributed by atoms with E-state index in [0.717, 1.165) is 23.3 Å². The lowest BCUT2D eigenvalue weighted by Gasteiger charge is -2.11. The zero-order valence-electron chi connectivity index (χ0n) is 14.0. The van der Waals surface area contributed by atoms with Gasteiger partial charge in [-0.15, -0.1) is 0 Å². The molecule has 0 radical (unpaired) electrons. The first kappa shape index (κ1) is 18.8. The number of carbonyl (C=O) groups is 1. The molecule has 0 fully saturated rings. The van der Waals surface area contributed by atoms with Crippen LogP contribution in [0, 0.1) is 6.92 Å². The van der Waals surface area contributed by atoms with Crippen molar-refractivity contribution in [2.45, 2.75) is 13.1 Å². The summed E-state index contributed by atoms with van der Waals surface area (Å²) in [7, 11) is 0. The van der Waals surface area contributed by atoms with Gasteiger partial charge in [0.15, 0.2) is 0 Å². The van der Waals surface area contributed by atoms with Crippen molar-refractivity contribution in [1.29, 1.82) is 0 Å². The normalized spacial score (nSPS) is 11.3. The van der Waals surface area contributed by atoms with Gasteiger partial charge in [0.2, 0.25) is 0 Å². The van der Waals surface area contributed by atoms with E-state index in [0.29, 0.717) is 16.5 Å². The van der Waals surface area contributed by atoms with Crippen LogP contribution in [0.4, 0.5) is 18.9 Å². The Labute approximate surface area is 158 Å². The Morgan fingerprint density at radius 2 is 1.89 bits per heavy atom. The average molecular weight is 392 g/mol. The maximum absolute atomic E-state index is 12.8. The number of pyridine rings is 2. The number of halogens is 4. The Hall–Kier alpha value is -2.93. The van der Waals surface area contributed by atoms with E-state index in [1.807, 2.05) is 0 Å². The SMILES string of the molecule is Cc1ncc(NC(=O)c2cccc(C(F)(F)F)c2)cc1-c1ccnc(Cl)c1. The largest absolute Gasteiger partial charge is 0.416 e. The third-order valence-electron chi connectivity index (χ3n) is 3.83. The summed E-state index contributed by atoms with van der Waals surface area (Å²) in [6, 6.07) is 9.30. The molecule has 4 nitrogen and oxygen atoms in total. The van der Waals surface area contributed by atoms with E-state index in [2.05, 4.69) is 15.3 Å². The summed E-state index contributed by atoms with van der Waals surface area (Å²) >= 11 is 5.91. The summed E-state index contributed by atoms with van der Waals surface area (Å²) in [6.07, 6.45) is -1.53. The predicted octanol–water partition coefficient (Wildman–Crippen LogP) is 5.38. The van der Waals surface area contributed by atoms with Gasteiger partial charge in [-0.25, -0.2) is 4.98 Å². The number of hydrogen-bond donors (Lipinski definition) is 1. The molecule has 1 N–H and O–H groups in total. The Bertz CT molecular complexity index is 1010. The van der Waals surface area contributed by atoms with E-state index in [4.69, 9.17) is 11.6 Å². The molecule has 0 unspecified atom stereocenters. The highest BCUT2D eigenvalue weighted by Gasteiger charge is 2.30. The Balaban J connectivity index is 1.88. The molecule has 0 aliphatic heterocycles. The zero-order valence-corrected chi connectivity index (χ0v) is 14.8. The molecule has 0 aliphatic rings. The van der Waals surface area contributed by atoms with Crippen molar-refractivity contribution in [3.05, 3.63) is 76.8 Å². The van der Waals surface area contributed by atoms with Crippen LogP contribution in [-0.4, -0.2) is 15.9 Å². The molecule has 0 saturated heterocycles. The van der Waals surface area contributed by atoms with Crippen LogP contribution in [0.5, 0.6) is 0 Å². The first-order valence-electron chi connectivity index (χ1n) is 7.81. The van der Waals surface area contributed by atoms with Gasteiger partial charge in [-0.05, 0) is 48.9 Å². The maximum Gasteiger partial charge on any atom is 0.416 e. The summed E-state index contributed by atoms with van der Waals surface area (Å²) in [5.41, 5.74) is 1.56. The molecule has 0 atom stereocenters. The molecular weight excluding hydrogens is 379 g/mol. The molecule has 1 amide bonds. The van der Waals surface area contributed by atoms with Crippen molar-refractivity contribution < 1.29 is 18.0 Å². The van der Waals surface area contributed by atoms with Gasteiger partial charge in [-0.2, -0.15) is 13.2 Å². The lowest BCUT2D eigenvalue weighted by molar-refractivity contribution is -0.137. The number of benzene rings is 1. The molecule has 0 bridgehead atoms. The molecule has 0 spiro atoms. The third-order valence-corrected chi connectivity index (χ3v) is 4.04. The second-order valence-electron chi connectivity index (χ2n) is 5.76. The van der Waals surface area contributed by atoms with Crippen molar-refractivity contribution in [3.63, 3.8) is 0 Å². The second kappa shape index (κ2) is 7.36. The van der Waals surface area contributed by atoms with Gasteiger partial charge in [0, 0.05) is 23.0 Å². The highest BCUT2D eigenvalue weighted by atomic mass is 35.5. The highest BCUT2D eigenvalue weighted by Crippen LogP contribution is 2.30. The smallest absolute Gasteiger partial charge is 0.321 e. The van der Waals surface area contributed by atoms with Crippen molar-refractivity contribution >= 4 is 23.2 Å². The number of anilines is 1. The summed E-state index contributed by atoms with van der Waals surface area (Å²) in [4.78, 5) is 20.5. The Morgan fingerprint density at radius 1 is 1.11 bits per heavy atom. The Morgan fingerprint density at radius 3 is 2.59 bits per heavy atom. The van der Waals surface area contributed by atoms with Gasteiger partial charge in [0.25, 0.3) is 5.91 Å². The minimum atomic E-state index is -4.52. The van der Waals surface area contributed by atoms with E-state index in [9.17, 15) is 18.0 Å². The quantitative estimate of drug-likeness (QED) is 0.610. The van der Waals surface area contributed by atoms with Gasteiger partial charge in [-0.3, -0.25) is 9.78 Å². The number of amides is 1. The van der Waals surface area contributed by atoms with Crippen LogP contribution in [0.3, 0.4) is 0 Å². The second-order valence-corrected chi connectivity index (χ2v) is 6.14. The first-order chi connectivity index (χ1) is 12.7. The number of rotatable bonds is 3. The van der Waals surface area contributed by atoms with E-state index in [1.165, 1.54) is 18.3 Å². The van der Waals surface area contributed by atoms with Gasteiger partial charge < -0.3 is 5.32 Å². The summed E-state index contributed by atoms with van der Waals surface area (Å²) in [6.45, 7) is 1.79. The van der Waals surface area contributed by atoms with Crippen molar-refractivity contribution in [1.82, 2.24) is 9.97 Å². The maximum atomic E-state index is 12.8. The molecule has 2 heterocycles. The average Bonchev–Trinajstić information content (AvgIpc) is 2.62. The fourth-order valence-corrected chi connectivity index (χ4v) is 2.68. The van der Waals surface area contributed by atoms with E-state index in [1.54, 1.807) is 31.3 Å². The van der Waals surface area contributed by atoms with Crippen LogP contribution in [0.15, 0.2) is 54.9 Å². The number of alkyl halides is 3. The van der Waals surface area contributed by atoms with E-state index in [-0.39, 0.29) is 5.56 Å². The van der Waals surface area contributed by atoms with Gasteiger partial charge in [-0.1, -0.05) is 17.7 Å². The Kier molecular flexibility index (Phi) is 5.14. The first-order valence-corrected chi connectivity index (χ1v) is 8.19. The minimum absolute atomic E-state index is 0.0982. The van der Waals surface area contributed by atoms with Gasteiger partial charge >= 0.3 is 6.18 Å². The molecule has 3 rings (SSSR count). The molecule has 138 valence electrons. The zero-order chi connectivity index (χ0) is 19.6. The number of nitrogens with one attached hydrogen (secondary N) is 1. The van der Waals surface area contributed by atoms with Crippen LogP contribution in [0.1, 0.15) is 21.6 Å². The molecule has 2 aromatic heterocycles. The number of hydrogen-bond acceptors (Lipinski definition) is 3. The monoisotopic (exact) mass is 391 g/mol. The van der Waals surface area contributed by atoms with Crippen LogP contribution in [-0.2, 0) is 6.18 Å². The van der Waals surface area contributed by atoms with Gasteiger partial charge in [0.1, 0.15) is 5.15 Å². The van der Waals surface area contributed by atoms with Crippen LogP contribution in [0.25, 0.3) is 11.1 Å². The fraction of sp³-hybridized carbons (Fsp3) is 0.105. The van der Waals surface area contributed by atoms with Crippen molar-refractivity contribution in [2.75, 3.05) is 5.32 Å². The summed E-state index contributed by atoms with van der Waals surface area (Å²) < 4.78 is 38.5. The molecule has 27 heavy (non-hydrogen) atoms. The number of carbonyl (C=O) groups excluding carboxylic acids is 1. The van der Waals surface area contributed by atoms with Crippen LogP contribution >= 0.6 is 11.6 Å². The van der Waals surface area contributed by atoms with Crippen molar-refractivity contribution in [3.8, 4) is 11.1 Å². The molecule has 1 aromatic carbocycles. The highest BCUT2D eigenvalue weighted by molar-refractivity contribution is 6.29. The molecule has 8 heteroatoms. The topological polar surface area (TPSA) is 54.9 Å². The predicted molar refractivity (Wildman–Crippen MR) is 96.6 cm³/mol. The third kappa shape index (κ3) is 4.43. The summed E-state index contributed by atoms with van der Waals surface area (Å²) in [5.74, 6) is -0.662. The van der Waals surface area contributed by atoms with Gasteiger partial charge in [0.05, 0.1) is 17.4 Å². The summed E-state index contributed by atoms with van der Waals surface area (Å²) in [5, 5.41) is 2.88. The lowest BCUT2D eigenvalue weighted by atomic mass is 10.1. The molecular formula is C19H13ClF3N3O. The fourth-order valence-electron chi connectivity index (χ4n) is 2.50. The standard InChI is InChI=1S/C19H13ClF3N3O/c1-11-16(12-5-6-24-17(20)8-12)9-15(10-25-11)26-18(27)13-3-2-4-14(7-13)19(21,22)23/h2-10H,1H3,(H,26,27). The number of nitrogens with zero attached hydrogens (tertiary/aromatic N) is 2. The van der Waals surface area contributed by atoms with Crippen molar-refractivity contribution in [2.24, 2.45) is 0 Å². The minimum Gasteiger partial charge on any atom is -0.321 e. The molecule has 0 saturated carbocycles. The number of aryl methyl sites for hydroxylation is 1. The molecule has 0 aliphatic carbocycles. The number of aromatic nitrogens is 2. The lowest BCUT2D eigenvalue weighted by Crippen LogP contribution is -2.14. The van der Waals surface area contributed by atoms with Crippen LogP contribution in [0.2, 0.25) is 5.15 Å². The van der Waals surface area contributed by atoms with E-state index < -0.39 is 17.6 Å². The van der Waals surface area contributed by atoms with Crippen LogP contribution < -0.4 is 5.32 Å².